The molecule has 0 bridgehead atoms. The zero-order valence-electron chi connectivity index (χ0n) is 21.4. The van der Waals surface area contributed by atoms with Crippen LogP contribution in [0.1, 0.15) is 42.9 Å². The van der Waals surface area contributed by atoms with Gasteiger partial charge in [-0.15, -0.1) is 0 Å². The number of halogens is 4. The first-order valence-corrected chi connectivity index (χ1v) is 12.6. The van der Waals surface area contributed by atoms with E-state index in [0.717, 1.165) is 12.1 Å². The maximum atomic E-state index is 13.8. The summed E-state index contributed by atoms with van der Waals surface area (Å²) in [6, 6.07) is 6.66. The quantitative estimate of drug-likeness (QED) is 0.251. The minimum atomic E-state index is -1.56. The van der Waals surface area contributed by atoms with Crippen molar-refractivity contribution in [3.05, 3.63) is 65.1 Å². The minimum Gasteiger partial charge on any atom is -0.497 e. The number of fused-ring (bicyclic) bond motifs is 1. The number of rotatable bonds is 11. The number of hydrogen-bond donors (Lipinski definition) is 2. The molecule has 0 amide bonds. The Balaban J connectivity index is 1.38. The van der Waals surface area contributed by atoms with Crippen molar-refractivity contribution in [3.8, 4) is 11.5 Å². The summed E-state index contributed by atoms with van der Waals surface area (Å²) >= 11 is 0. The van der Waals surface area contributed by atoms with E-state index < -0.39 is 41.6 Å². The van der Waals surface area contributed by atoms with Gasteiger partial charge in [-0.3, -0.25) is 14.7 Å². The van der Waals surface area contributed by atoms with Crippen molar-refractivity contribution < 1.29 is 42.0 Å². The van der Waals surface area contributed by atoms with Crippen LogP contribution in [0.15, 0.2) is 36.5 Å². The Bertz CT molecular complexity index is 1300. The van der Waals surface area contributed by atoms with Gasteiger partial charge in [0.1, 0.15) is 24.8 Å². The third-order valence-corrected chi connectivity index (χ3v) is 7.47. The van der Waals surface area contributed by atoms with Gasteiger partial charge in [-0.25, -0.2) is 17.6 Å². The van der Waals surface area contributed by atoms with E-state index in [-0.39, 0.29) is 30.8 Å². The number of carboxylic acids is 1. The fourth-order valence-corrected chi connectivity index (χ4v) is 5.10. The zero-order chi connectivity index (χ0) is 28.2. The van der Waals surface area contributed by atoms with E-state index in [1.807, 2.05) is 4.90 Å². The number of aliphatic carboxylic acids is 1. The first kappa shape index (κ1) is 28.6. The third-order valence-electron chi connectivity index (χ3n) is 7.47. The van der Waals surface area contributed by atoms with Crippen molar-refractivity contribution >= 4 is 16.9 Å². The Hall–Kier alpha value is -3.44. The number of piperidine rings is 1. The van der Waals surface area contributed by atoms with Crippen molar-refractivity contribution in [2.75, 3.05) is 33.4 Å². The van der Waals surface area contributed by atoms with Gasteiger partial charge in [0.05, 0.1) is 24.1 Å². The van der Waals surface area contributed by atoms with Crippen LogP contribution in [0.5, 0.6) is 11.5 Å². The SMILES string of the molecule is COc1ccc2ncc(CF)c(C(O)CCC3(C(=O)O)CCN(CCOc4cc(F)c(F)c(F)c4)CC3)c2c1. The lowest BCUT2D eigenvalue weighted by Gasteiger charge is -2.39. The molecule has 39 heavy (non-hydrogen) atoms. The average molecular weight is 551 g/mol. The number of aliphatic hydroxyl groups excluding tert-OH is 1. The first-order chi connectivity index (χ1) is 18.7. The molecule has 7 nitrogen and oxygen atoms in total. The summed E-state index contributed by atoms with van der Waals surface area (Å²) in [4.78, 5) is 18.6. The van der Waals surface area contributed by atoms with Crippen molar-refractivity contribution in [3.63, 3.8) is 0 Å². The Labute approximate surface area is 223 Å². The molecule has 0 saturated carbocycles. The van der Waals surface area contributed by atoms with Crippen LogP contribution in [-0.2, 0) is 11.5 Å². The standard InChI is InChI=1S/C28H30F4N2O5/c1-38-18-2-3-23-20(12-18)25(17(15-29)16-33-23)24(35)4-5-28(27(36)37)6-8-34(9-7-28)10-11-39-19-13-21(30)26(32)22(31)14-19/h2-3,12-14,16,24,35H,4-11,15H2,1H3,(H,36,37). The number of carboxylic acid groups (broad SMARTS) is 1. The molecule has 0 radical (unpaired) electrons. The van der Waals surface area contributed by atoms with Gasteiger partial charge in [0.2, 0.25) is 0 Å². The Morgan fingerprint density at radius 3 is 2.44 bits per heavy atom. The summed E-state index contributed by atoms with van der Waals surface area (Å²) in [5.74, 6) is -4.81. The van der Waals surface area contributed by atoms with Crippen LogP contribution < -0.4 is 9.47 Å². The number of ether oxygens (including phenoxy) is 2. The number of methoxy groups -OCH3 is 1. The van der Waals surface area contributed by atoms with Crippen LogP contribution in [0, 0.1) is 22.9 Å². The molecule has 1 aromatic heterocycles. The van der Waals surface area contributed by atoms with Crippen LogP contribution in [0.3, 0.4) is 0 Å². The number of aromatic nitrogens is 1. The van der Waals surface area contributed by atoms with E-state index in [1.165, 1.54) is 13.3 Å². The molecule has 2 heterocycles. The number of alkyl halides is 1. The predicted octanol–water partition coefficient (Wildman–Crippen LogP) is 5.19. The highest BCUT2D eigenvalue weighted by Crippen LogP contribution is 2.40. The number of likely N-dealkylation sites (tertiary alicyclic amines) is 1. The van der Waals surface area contributed by atoms with E-state index in [4.69, 9.17) is 9.47 Å². The minimum absolute atomic E-state index is 0.0773. The molecule has 3 aromatic rings. The second kappa shape index (κ2) is 12.2. The number of pyridine rings is 1. The molecule has 1 fully saturated rings. The van der Waals surface area contributed by atoms with Gasteiger partial charge in [0, 0.05) is 35.8 Å². The smallest absolute Gasteiger partial charge is 0.309 e. The molecule has 1 aliphatic heterocycles. The van der Waals surface area contributed by atoms with Gasteiger partial charge in [-0.2, -0.15) is 0 Å². The summed E-state index contributed by atoms with van der Waals surface area (Å²) in [5.41, 5.74) is 0.114. The molecule has 1 aliphatic rings. The maximum absolute atomic E-state index is 13.8. The van der Waals surface area contributed by atoms with Crippen LogP contribution in [0.25, 0.3) is 10.9 Å². The molecule has 11 heteroatoms. The van der Waals surface area contributed by atoms with Crippen molar-refractivity contribution in [1.29, 1.82) is 0 Å². The summed E-state index contributed by atoms with van der Waals surface area (Å²) in [5, 5.41) is 21.8. The van der Waals surface area contributed by atoms with Crippen molar-refractivity contribution in [2.45, 2.75) is 38.5 Å². The molecule has 210 valence electrons. The Kier molecular flexibility index (Phi) is 8.91. The second-order valence-corrected chi connectivity index (χ2v) is 9.74. The van der Waals surface area contributed by atoms with E-state index in [1.54, 1.807) is 18.2 Å². The average Bonchev–Trinajstić information content (AvgIpc) is 2.94. The fourth-order valence-electron chi connectivity index (χ4n) is 5.10. The van der Waals surface area contributed by atoms with Gasteiger partial charge in [-0.1, -0.05) is 0 Å². The Morgan fingerprint density at radius 1 is 1.13 bits per heavy atom. The summed E-state index contributed by atoms with van der Waals surface area (Å²) in [6.45, 7) is 0.494. The fraction of sp³-hybridized carbons (Fsp3) is 0.429. The second-order valence-electron chi connectivity index (χ2n) is 9.74. The molecular formula is C28H30F4N2O5. The largest absolute Gasteiger partial charge is 0.497 e. The van der Waals surface area contributed by atoms with E-state index in [0.29, 0.717) is 54.7 Å². The molecule has 2 N–H and O–H groups in total. The van der Waals surface area contributed by atoms with Crippen LogP contribution in [-0.4, -0.2) is 59.4 Å². The monoisotopic (exact) mass is 550 g/mol. The third kappa shape index (κ3) is 6.25. The number of benzene rings is 2. The molecule has 4 rings (SSSR count). The topological polar surface area (TPSA) is 92.1 Å². The van der Waals surface area contributed by atoms with Crippen LogP contribution in [0.2, 0.25) is 0 Å². The molecule has 1 saturated heterocycles. The van der Waals surface area contributed by atoms with Crippen molar-refractivity contribution in [2.24, 2.45) is 5.41 Å². The molecule has 0 spiro atoms. The molecule has 2 aromatic carbocycles. The normalized spacial score (nSPS) is 16.3. The lowest BCUT2D eigenvalue weighted by molar-refractivity contribution is -0.153. The molecule has 0 aliphatic carbocycles. The lowest BCUT2D eigenvalue weighted by Crippen LogP contribution is -2.45. The highest BCUT2D eigenvalue weighted by Gasteiger charge is 2.41. The first-order valence-electron chi connectivity index (χ1n) is 12.6. The van der Waals surface area contributed by atoms with Gasteiger partial charge in [0.15, 0.2) is 17.5 Å². The van der Waals surface area contributed by atoms with Crippen LogP contribution >= 0.6 is 0 Å². The van der Waals surface area contributed by atoms with Gasteiger partial charge >= 0.3 is 5.97 Å². The van der Waals surface area contributed by atoms with E-state index >= 15 is 0 Å². The van der Waals surface area contributed by atoms with Crippen LogP contribution in [0.4, 0.5) is 17.6 Å². The molecular weight excluding hydrogens is 520 g/mol. The van der Waals surface area contributed by atoms with E-state index in [2.05, 4.69) is 4.98 Å². The highest BCUT2D eigenvalue weighted by atomic mass is 19.2. The number of hydrogen-bond acceptors (Lipinski definition) is 6. The maximum Gasteiger partial charge on any atom is 0.309 e. The molecule has 1 unspecified atom stereocenters. The number of carbonyl (C=O) groups is 1. The summed E-state index contributed by atoms with van der Waals surface area (Å²) < 4.78 is 64.3. The summed E-state index contributed by atoms with van der Waals surface area (Å²) in [7, 11) is 1.50. The van der Waals surface area contributed by atoms with Gasteiger partial charge < -0.3 is 19.7 Å². The van der Waals surface area contributed by atoms with Crippen molar-refractivity contribution in [1.82, 2.24) is 9.88 Å². The lowest BCUT2D eigenvalue weighted by atomic mass is 9.74. The molecule has 1 atom stereocenters. The zero-order valence-corrected chi connectivity index (χ0v) is 21.4. The van der Waals surface area contributed by atoms with Gasteiger partial charge in [-0.05, 0) is 62.5 Å². The summed E-state index contributed by atoms with van der Waals surface area (Å²) in [6.07, 6.45) is 1.20. The number of nitrogens with zero attached hydrogens (tertiary/aromatic N) is 2. The Morgan fingerprint density at radius 2 is 1.82 bits per heavy atom. The predicted molar refractivity (Wildman–Crippen MR) is 135 cm³/mol. The number of aliphatic hydroxyl groups is 1. The van der Waals surface area contributed by atoms with Gasteiger partial charge in [0.25, 0.3) is 0 Å². The highest BCUT2D eigenvalue weighted by molar-refractivity contribution is 5.85. The van der Waals surface area contributed by atoms with E-state index in [9.17, 15) is 32.6 Å².